The van der Waals surface area contributed by atoms with Crippen molar-refractivity contribution in [1.29, 1.82) is 0 Å². The van der Waals surface area contributed by atoms with Crippen LogP contribution < -0.4 is 14.4 Å². The maximum absolute atomic E-state index is 12.5. The van der Waals surface area contributed by atoms with Crippen molar-refractivity contribution >= 4 is 29.0 Å². The standard InChI is InChI=1S/C21H20N2O8/c1-29-16-6-7-19(30-2)17(10-16)22-11-14(9-20(22)25)21(26)31-12-18(24)13-4-3-5-15(8-13)23(27)28/h3-8,10,14H,9,11-12H2,1-2H3/t14-/m0/s1. The highest BCUT2D eigenvalue weighted by molar-refractivity contribution is 6.02. The topological polar surface area (TPSA) is 125 Å². The van der Waals surface area contributed by atoms with Crippen molar-refractivity contribution in [2.75, 3.05) is 32.3 Å². The quantitative estimate of drug-likeness (QED) is 0.272. The summed E-state index contributed by atoms with van der Waals surface area (Å²) in [5.41, 5.74) is 0.295. The van der Waals surface area contributed by atoms with Crippen molar-refractivity contribution in [2.24, 2.45) is 5.92 Å². The average Bonchev–Trinajstić information content (AvgIpc) is 3.18. The third kappa shape index (κ3) is 4.80. The molecule has 0 saturated carbocycles. The number of amides is 1. The van der Waals surface area contributed by atoms with Gasteiger partial charge in [0.2, 0.25) is 11.7 Å². The molecule has 0 radical (unpaired) electrons. The highest BCUT2D eigenvalue weighted by atomic mass is 16.6. The molecule has 31 heavy (non-hydrogen) atoms. The van der Waals surface area contributed by atoms with Crippen molar-refractivity contribution < 1.29 is 33.5 Å². The van der Waals surface area contributed by atoms with Gasteiger partial charge in [-0.25, -0.2) is 0 Å². The molecule has 2 aromatic rings. The molecule has 2 aromatic carbocycles. The van der Waals surface area contributed by atoms with Gasteiger partial charge in [0.25, 0.3) is 5.69 Å². The van der Waals surface area contributed by atoms with Gasteiger partial charge >= 0.3 is 5.97 Å². The van der Waals surface area contributed by atoms with Crippen molar-refractivity contribution in [2.45, 2.75) is 6.42 Å². The van der Waals surface area contributed by atoms with Gasteiger partial charge in [0, 0.05) is 36.7 Å². The van der Waals surface area contributed by atoms with Crippen LogP contribution in [0.1, 0.15) is 16.8 Å². The first-order chi connectivity index (χ1) is 14.8. The summed E-state index contributed by atoms with van der Waals surface area (Å²) in [7, 11) is 2.97. The molecule has 0 N–H and O–H groups in total. The Balaban J connectivity index is 1.65. The number of carbonyl (C=O) groups is 3. The number of hydrogen-bond acceptors (Lipinski definition) is 8. The molecule has 1 aliphatic heterocycles. The SMILES string of the molecule is COc1ccc(OC)c(N2C[C@@H](C(=O)OCC(=O)c3cccc([N+](=O)[O-])c3)CC2=O)c1. The van der Waals surface area contributed by atoms with E-state index in [2.05, 4.69) is 0 Å². The Bertz CT molecular complexity index is 1040. The maximum atomic E-state index is 12.5. The molecule has 0 unspecified atom stereocenters. The number of anilines is 1. The largest absolute Gasteiger partial charge is 0.497 e. The number of hydrogen-bond donors (Lipinski definition) is 0. The molecule has 0 aromatic heterocycles. The first-order valence-electron chi connectivity index (χ1n) is 9.30. The number of nitro groups is 1. The predicted octanol–water partition coefficient (Wildman–Crippen LogP) is 2.39. The number of methoxy groups -OCH3 is 2. The Morgan fingerprint density at radius 3 is 2.61 bits per heavy atom. The molecular formula is C21H20N2O8. The number of carbonyl (C=O) groups excluding carboxylic acids is 3. The summed E-state index contributed by atoms with van der Waals surface area (Å²) in [6, 6.07) is 10.1. The zero-order chi connectivity index (χ0) is 22.5. The number of esters is 1. The second kappa shape index (κ2) is 9.24. The predicted molar refractivity (Wildman–Crippen MR) is 108 cm³/mol. The zero-order valence-corrected chi connectivity index (χ0v) is 16.9. The maximum Gasteiger partial charge on any atom is 0.311 e. The molecule has 0 aliphatic carbocycles. The number of rotatable bonds is 8. The summed E-state index contributed by atoms with van der Waals surface area (Å²) >= 11 is 0. The van der Waals surface area contributed by atoms with Crippen LogP contribution in [0.5, 0.6) is 11.5 Å². The van der Waals surface area contributed by atoms with Gasteiger partial charge in [0.1, 0.15) is 11.5 Å². The van der Waals surface area contributed by atoms with Gasteiger partial charge in [-0.2, -0.15) is 0 Å². The number of non-ortho nitro benzene ring substituents is 1. The smallest absolute Gasteiger partial charge is 0.311 e. The number of nitrogens with zero attached hydrogens (tertiary/aromatic N) is 2. The molecular weight excluding hydrogens is 408 g/mol. The van der Waals surface area contributed by atoms with E-state index in [1.165, 1.54) is 37.3 Å². The summed E-state index contributed by atoms with van der Waals surface area (Å²) < 4.78 is 15.6. The van der Waals surface area contributed by atoms with Crippen LogP contribution in [0, 0.1) is 16.0 Å². The number of ketones is 1. The van der Waals surface area contributed by atoms with Gasteiger partial charge in [-0.3, -0.25) is 24.5 Å². The first kappa shape index (κ1) is 21.8. The fourth-order valence-corrected chi connectivity index (χ4v) is 3.24. The average molecular weight is 428 g/mol. The minimum Gasteiger partial charge on any atom is -0.497 e. The minimum absolute atomic E-state index is 0.0617. The Hall–Kier alpha value is -3.95. The number of nitro benzene ring substituents is 1. The van der Waals surface area contributed by atoms with Crippen LogP contribution in [0.3, 0.4) is 0 Å². The van der Waals surface area contributed by atoms with E-state index in [4.69, 9.17) is 14.2 Å². The highest BCUT2D eigenvalue weighted by Crippen LogP contribution is 2.36. The van der Waals surface area contributed by atoms with E-state index < -0.39 is 29.2 Å². The van der Waals surface area contributed by atoms with Crippen LogP contribution in [-0.2, 0) is 14.3 Å². The summed E-state index contributed by atoms with van der Waals surface area (Å²) in [6.45, 7) is -0.515. The molecule has 1 saturated heterocycles. The zero-order valence-electron chi connectivity index (χ0n) is 16.9. The van der Waals surface area contributed by atoms with Gasteiger partial charge in [-0.15, -0.1) is 0 Å². The van der Waals surface area contributed by atoms with Gasteiger partial charge < -0.3 is 19.1 Å². The third-order valence-corrected chi connectivity index (χ3v) is 4.86. The van der Waals surface area contributed by atoms with Crippen molar-refractivity contribution in [3.8, 4) is 11.5 Å². The molecule has 162 valence electrons. The van der Waals surface area contributed by atoms with Crippen LogP contribution in [0.4, 0.5) is 11.4 Å². The van der Waals surface area contributed by atoms with Gasteiger partial charge in [0.05, 0.1) is 30.7 Å². The molecule has 1 amide bonds. The lowest BCUT2D eigenvalue weighted by Crippen LogP contribution is -2.27. The summed E-state index contributed by atoms with van der Waals surface area (Å²) in [5, 5.41) is 10.8. The lowest BCUT2D eigenvalue weighted by molar-refractivity contribution is -0.384. The number of Topliss-reactive ketones (excluding diaryl/α,β-unsaturated/α-hetero) is 1. The molecule has 1 aliphatic rings. The lowest BCUT2D eigenvalue weighted by Gasteiger charge is -2.20. The summed E-state index contributed by atoms with van der Waals surface area (Å²) in [6.07, 6.45) is -0.0792. The van der Waals surface area contributed by atoms with E-state index in [0.29, 0.717) is 17.2 Å². The van der Waals surface area contributed by atoms with E-state index >= 15 is 0 Å². The fourth-order valence-electron chi connectivity index (χ4n) is 3.24. The van der Waals surface area contributed by atoms with Gasteiger partial charge in [-0.05, 0) is 12.1 Å². The second-order valence-electron chi connectivity index (χ2n) is 6.78. The second-order valence-corrected chi connectivity index (χ2v) is 6.78. The molecule has 10 heteroatoms. The molecule has 3 rings (SSSR count). The van der Waals surface area contributed by atoms with E-state index in [1.54, 1.807) is 18.2 Å². The molecule has 1 heterocycles. The van der Waals surface area contributed by atoms with Crippen molar-refractivity contribution in [1.82, 2.24) is 0 Å². The van der Waals surface area contributed by atoms with Crippen LogP contribution in [0.15, 0.2) is 42.5 Å². The van der Waals surface area contributed by atoms with Crippen LogP contribution in [0.2, 0.25) is 0 Å². The third-order valence-electron chi connectivity index (χ3n) is 4.86. The summed E-state index contributed by atoms with van der Waals surface area (Å²) in [5.74, 6) is -1.36. The van der Waals surface area contributed by atoms with Gasteiger partial charge in [-0.1, -0.05) is 12.1 Å². The molecule has 1 fully saturated rings. The minimum atomic E-state index is -0.763. The fraction of sp³-hybridized carbons (Fsp3) is 0.286. The Kier molecular flexibility index (Phi) is 6.49. The Morgan fingerprint density at radius 1 is 1.16 bits per heavy atom. The van der Waals surface area contributed by atoms with E-state index in [1.807, 2.05) is 0 Å². The van der Waals surface area contributed by atoms with Crippen molar-refractivity contribution in [3.05, 3.63) is 58.1 Å². The number of benzene rings is 2. The molecule has 1 atom stereocenters. The molecule has 0 bridgehead atoms. The van der Waals surface area contributed by atoms with Crippen molar-refractivity contribution in [3.63, 3.8) is 0 Å². The Labute approximate surface area is 177 Å². The normalized spacial score (nSPS) is 15.5. The highest BCUT2D eigenvalue weighted by Gasteiger charge is 2.37. The van der Waals surface area contributed by atoms with E-state index in [0.717, 1.165) is 6.07 Å². The summed E-state index contributed by atoms with van der Waals surface area (Å²) in [4.78, 5) is 48.8. The van der Waals surface area contributed by atoms with Crippen LogP contribution >= 0.6 is 0 Å². The molecule has 0 spiro atoms. The lowest BCUT2D eigenvalue weighted by atomic mass is 10.1. The Morgan fingerprint density at radius 2 is 1.94 bits per heavy atom. The first-order valence-corrected chi connectivity index (χ1v) is 9.30. The molecule has 10 nitrogen and oxygen atoms in total. The number of ether oxygens (including phenoxy) is 3. The van der Waals surface area contributed by atoms with Gasteiger partial charge in [0.15, 0.2) is 6.61 Å². The van der Waals surface area contributed by atoms with E-state index in [9.17, 15) is 24.5 Å². The van der Waals surface area contributed by atoms with Crippen LogP contribution in [0.25, 0.3) is 0 Å². The monoisotopic (exact) mass is 428 g/mol. The van der Waals surface area contributed by atoms with Crippen LogP contribution in [-0.4, -0.2) is 50.0 Å². The van der Waals surface area contributed by atoms with E-state index in [-0.39, 0.29) is 30.1 Å².